The highest BCUT2D eigenvalue weighted by molar-refractivity contribution is 7.84. The first kappa shape index (κ1) is 16.3. The van der Waals surface area contributed by atoms with E-state index in [0.717, 1.165) is 0 Å². The standard InChI is InChI=1S/C12H16Cl2N2O2S/c1-8(5-6-19(2)18)15-12(17)16-11-7-9(13)3-4-10(11)14/h3-4,7-8H,5-6H2,1-2H3,(H2,15,16,17)/t8-,19-/m0/s1. The van der Waals surface area contributed by atoms with Gasteiger partial charge in [0, 0.05) is 33.9 Å². The fourth-order valence-electron chi connectivity index (χ4n) is 1.39. The van der Waals surface area contributed by atoms with Crippen molar-refractivity contribution in [2.24, 2.45) is 0 Å². The third-order valence-corrected chi connectivity index (χ3v) is 3.77. The van der Waals surface area contributed by atoms with Crippen LogP contribution < -0.4 is 10.6 Å². The highest BCUT2D eigenvalue weighted by Crippen LogP contribution is 2.25. The summed E-state index contributed by atoms with van der Waals surface area (Å²) >= 11 is 11.8. The molecule has 0 heterocycles. The maximum absolute atomic E-state index is 11.7. The molecular formula is C12H16Cl2N2O2S. The summed E-state index contributed by atoms with van der Waals surface area (Å²) in [5, 5.41) is 6.28. The molecule has 0 saturated heterocycles. The van der Waals surface area contributed by atoms with Crippen molar-refractivity contribution < 1.29 is 9.00 Å². The Morgan fingerprint density at radius 1 is 1.42 bits per heavy atom. The molecule has 0 unspecified atom stereocenters. The van der Waals surface area contributed by atoms with E-state index in [1.165, 1.54) is 0 Å². The molecule has 1 aromatic rings. The van der Waals surface area contributed by atoms with Crippen molar-refractivity contribution >= 4 is 45.7 Å². The Hall–Kier alpha value is -0.780. The van der Waals surface area contributed by atoms with E-state index in [9.17, 15) is 9.00 Å². The highest BCUT2D eigenvalue weighted by Gasteiger charge is 2.10. The molecule has 19 heavy (non-hydrogen) atoms. The van der Waals surface area contributed by atoms with E-state index in [-0.39, 0.29) is 12.1 Å². The minimum atomic E-state index is -0.856. The average molecular weight is 323 g/mol. The molecule has 1 rings (SSSR count). The highest BCUT2D eigenvalue weighted by atomic mass is 35.5. The minimum absolute atomic E-state index is 0.0677. The van der Waals surface area contributed by atoms with Crippen LogP contribution in [0.3, 0.4) is 0 Å². The molecule has 7 heteroatoms. The Bertz CT molecular complexity index is 483. The predicted molar refractivity (Wildman–Crippen MR) is 81.6 cm³/mol. The number of urea groups is 1. The van der Waals surface area contributed by atoms with Crippen molar-refractivity contribution in [1.82, 2.24) is 5.32 Å². The Morgan fingerprint density at radius 2 is 2.11 bits per heavy atom. The quantitative estimate of drug-likeness (QED) is 0.874. The van der Waals surface area contributed by atoms with Gasteiger partial charge in [-0.15, -0.1) is 0 Å². The van der Waals surface area contributed by atoms with E-state index in [0.29, 0.717) is 27.9 Å². The molecule has 1 aromatic carbocycles. The topological polar surface area (TPSA) is 58.2 Å². The normalized spacial score (nSPS) is 13.7. The van der Waals surface area contributed by atoms with Gasteiger partial charge in [-0.2, -0.15) is 0 Å². The fraction of sp³-hybridized carbons (Fsp3) is 0.417. The van der Waals surface area contributed by atoms with E-state index < -0.39 is 10.8 Å². The van der Waals surface area contributed by atoms with Crippen molar-refractivity contribution in [3.8, 4) is 0 Å². The number of nitrogens with one attached hydrogen (secondary N) is 2. The first-order valence-electron chi connectivity index (χ1n) is 5.71. The van der Waals surface area contributed by atoms with Crippen LogP contribution in [0.1, 0.15) is 13.3 Å². The summed E-state index contributed by atoms with van der Waals surface area (Å²) in [4.78, 5) is 11.7. The summed E-state index contributed by atoms with van der Waals surface area (Å²) in [7, 11) is -0.856. The lowest BCUT2D eigenvalue weighted by atomic mass is 10.2. The number of carbonyl (C=O) groups is 1. The summed E-state index contributed by atoms with van der Waals surface area (Å²) in [5.74, 6) is 0.555. The van der Waals surface area contributed by atoms with Crippen LogP contribution in [-0.2, 0) is 10.8 Å². The Morgan fingerprint density at radius 3 is 2.74 bits per heavy atom. The van der Waals surface area contributed by atoms with Crippen molar-refractivity contribution in [1.29, 1.82) is 0 Å². The lowest BCUT2D eigenvalue weighted by Crippen LogP contribution is -2.36. The Balaban J connectivity index is 2.50. The van der Waals surface area contributed by atoms with Crippen LogP contribution in [0.5, 0.6) is 0 Å². The van der Waals surface area contributed by atoms with Crippen LogP contribution >= 0.6 is 23.2 Å². The molecule has 0 aliphatic rings. The number of benzene rings is 1. The lowest BCUT2D eigenvalue weighted by molar-refractivity contribution is 0.249. The van der Waals surface area contributed by atoms with Crippen molar-refractivity contribution in [2.75, 3.05) is 17.3 Å². The fourth-order valence-corrected chi connectivity index (χ4v) is 2.41. The zero-order chi connectivity index (χ0) is 14.4. The van der Waals surface area contributed by atoms with Gasteiger partial charge in [-0.3, -0.25) is 4.21 Å². The second kappa shape index (κ2) is 7.72. The smallest absolute Gasteiger partial charge is 0.319 e. The van der Waals surface area contributed by atoms with Crippen molar-refractivity contribution in [3.63, 3.8) is 0 Å². The van der Waals surface area contributed by atoms with Crippen LogP contribution in [0.2, 0.25) is 10.0 Å². The van der Waals surface area contributed by atoms with Gasteiger partial charge in [0.2, 0.25) is 0 Å². The molecule has 0 saturated carbocycles. The molecule has 0 spiro atoms. The van der Waals surface area contributed by atoms with Gasteiger partial charge in [-0.25, -0.2) is 4.79 Å². The lowest BCUT2D eigenvalue weighted by Gasteiger charge is -2.14. The first-order valence-corrected chi connectivity index (χ1v) is 8.19. The van der Waals surface area contributed by atoms with E-state index >= 15 is 0 Å². The molecule has 2 amide bonds. The van der Waals surface area contributed by atoms with E-state index in [4.69, 9.17) is 23.2 Å². The first-order chi connectivity index (χ1) is 8.88. The number of halogens is 2. The summed E-state index contributed by atoms with van der Waals surface area (Å²) in [6.45, 7) is 1.85. The van der Waals surface area contributed by atoms with Gasteiger partial charge >= 0.3 is 6.03 Å². The van der Waals surface area contributed by atoms with Gasteiger partial charge in [-0.1, -0.05) is 23.2 Å². The number of hydrogen-bond donors (Lipinski definition) is 2. The summed E-state index contributed by atoms with van der Waals surface area (Å²) in [6, 6.07) is 4.41. The summed E-state index contributed by atoms with van der Waals surface area (Å²) in [5.41, 5.74) is 0.456. The van der Waals surface area contributed by atoms with E-state index in [2.05, 4.69) is 10.6 Å². The summed E-state index contributed by atoms with van der Waals surface area (Å²) < 4.78 is 11.0. The largest absolute Gasteiger partial charge is 0.335 e. The number of amides is 2. The molecule has 0 aliphatic heterocycles. The van der Waals surface area contributed by atoms with Gasteiger partial charge in [-0.05, 0) is 31.5 Å². The molecular weight excluding hydrogens is 307 g/mol. The van der Waals surface area contributed by atoms with Gasteiger partial charge < -0.3 is 10.6 Å². The molecule has 0 aromatic heterocycles. The molecule has 0 radical (unpaired) electrons. The molecule has 2 atom stereocenters. The average Bonchev–Trinajstić information content (AvgIpc) is 2.31. The van der Waals surface area contributed by atoms with E-state index in [1.807, 2.05) is 6.92 Å². The zero-order valence-electron chi connectivity index (χ0n) is 10.7. The van der Waals surface area contributed by atoms with Crippen LogP contribution in [-0.4, -0.2) is 28.3 Å². The maximum atomic E-state index is 11.7. The third-order valence-electron chi connectivity index (χ3n) is 2.39. The van der Waals surface area contributed by atoms with Gasteiger partial charge in [0.15, 0.2) is 0 Å². The zero-order valence-corrected chi connectivity index (χ0v) is 13.0. The summed E-state index contributed by atoms with van der Waals surface area (Å²) in [6.07, 6.45) is 2.29. The SMILES string of the molecule is C[C@@H](CC[S@](C)=O)NC(=O)Nc1cc(Cl)ccc1Cl. The molecule has 0 fully saturated rings. The Kier molecular flexibility index (Phi) is 6.62. The molecule has 2 N–H and O–H groups in total. The molecule has 0 bridgehead atoms. The van der Waals surface area contributed by atoms with Gasteiger partial charge in [0.05, 0.1) is 10.7 Å². The van der Waals surface area contributed by atoms with Crippen molar-refractivity contribution in [3.05, 3.63) is 28.2 Å². The van der Waals surface area contributed by atoms with E-state index in [1.54, 1.807) is 24.5 Å². The molecule has 4 nitrogen and oxygen atoms in total. The minimum Gasteiger partial charge on any atom is -0.335 e. The number of rotatable bonds is 5. The van der Waals surface area contributed by atoms with Gasteiger partial charge in [0.1, 0.15) is 0 Å². The number of carbonyl (C=O) groups excluding carboxylic acids is 1. The van der Waals surface area contributed by atoms with Gasteiger partial charge in [0.25, 0.3) is 0 Å². The molecule has 106 valence electrons. The van der Waals surface area contributed by atoms with Crippen LogP contribution in [0.4, 0.5) is 10.5 Å². The second-order valence-electron chi connectivity index (χ2n) is 4.19. The number of anilines is 1. The maximum Gasteiger partial charge on any atom is 0.319 e. The van der Waals surface area contributed by atoms with Crippen LogP contribution in [0.25, 0.3) is 0 Å². The Labute approximate surface area is 125 Å². The second-order valence-corrected chi connectivity index (χ2v) is 6.59. The third kappa shape index (κ3) is 6.27. The number of hydrogen-bond acceptors (Lipinski definition) is 2. The monoisotopic (exact) mass is 322 g/mol. The predicted octanol–water partition coefficient (Wildman–Crippen LogP) is 3.27. The van der Waals surface area contributed by atoms with Crippen LogP contribution in [0.15, 0.2) is 18.2 Å². The molecule has 0 aliphatic carbocycles. The van der Waals surface area contributed by atoms with Crippen molar-refractivity contribution in [2.45, 2.75) is 19.4 Å². The van der Waals surface area contributed by atoms with Crippen LogP contribution in [0, 0.1) is 0 Å².